The third-order valence-corrected chi connectivity index (χ3v) is 2.81. The van der Waals surface area contributed by atoms with Gasteiger partial charge in [0.1, 0.15) is 12.6 Å². The monoisotopic (exact) mass is 200 g/mol. The zero-order valence-corrected chi connectivity index (χ0v) is 9.96. The summed E-state index contributed by atoms with van der Waals surface area (Å²) in [5.74, 6) is -0.298. The molecule has 0 bridgehead atoms. The van der Waals surface area contributed by atoms with Crippen LogP contribution in [0.4, 0.5) is 0 Å². The molecule has 0 aromatic carbocycles. The molecule has 3 nitrogen and oxygen atoms in total. The fourth-order valence-corrected chi connectivity index (χ4v) is 0.833. The van der Waals surface area contributed by atoms with Crippen molar-refractivity contribution < 1.29 is 14.0 Å². The smallest absolute Gasteiger partial charge is 0.333 e. The van der Waals surface area contributed by atoms with E-state index in [1.54, 1.807) is 6.92 Å². The molecule has 0 fully saturated rings. The predicted molar refractivity (Wildman–Crippen MR) is 57.9 cm³/mol. The first-order valence-electron chi connectivity index (χ1n) is 4.96. The van der Waals surface area contributed by atoms with Crippen molar-refractivity contribution in [3.05, 3.63) is 12.2 Å². The minimum atomic E-state index is -0.298. The Hall–Kier alpha value is -0.830. The summed E-state index contributed by atoms with van der Waals surface area (Å²) in [6.45, 7) is 10.9. The van der Waals surface area contributed by atoms with Crippen LogP contribution in [-0.2, 0) is 9.53 Å². The van der Waals surface area contributed by atoms with Gasteiger partial charge in [-0.2, -0.15) is 0 Å². The lowest BCUT2D eigenvalue weighted by atomic mass is 10.2. The van der Waals surface area contributed by atoms with Crippen molar-refractivity contribution in [3.8, 4) is 0 Å². The summed E-state index contributed by atoms with van der Waals surface area (Å²) in [7, 11) is 4.25. The average Bonchev–Trinajstić information content (AvgIpc) is 2.13. The van der Waals surface area contributed by atoms with Crippen LogP contribution in [0.15, 0.2) is 12.2 Å². The predicted octanol–water partition coefficient (Wildman–Crippen LogP) is 1.59. The van der Waals surface area contributed by atoms with Gasteiger partial charge in [-0.25, -0.2) is 4.79 Å². The Bertz CT molecular complexity index is 221. The summed E-state index contributed by atoms with van der Waals surface area (Å²) in [5.41, 5.74) is 0.457. The van der Waals surface area contributed by atoms with Crippen LogP contribution in [-0.4, -0.2) is 43.7 Å². The van der Waals surface area contributed by atoms with Crippen LogP contribution in [0.3, 0.4) is 0 Å². The van der Waals surface area contributed by atoms with Gasteiger partial charge < -0.3 is 9.22 Å². The van der Waals surface area contributed by atoms with E-state index in [9.17, 15) is 4.79 Å². The summed E-state index contributed by atoms with van der Waals surface area (Å²) in [4.78, 5) is 11.1. The first kappa shape index (κ1) is 13.2. The van der Waals surface area contributed by atoms with E-state index in [0.29, 0.717) is 18.2 Å². The second kappa shape index (κ2) is 5.15. The van der Waals surface area contributed by atoms with Crippen molar-refractivity contribution in [3.63, 3.8) is 0 Å². The summed E-state index contributed by atoms with van der Waals surface area (Å²) in [5, 5.41) is 0. The zero-order chi connectivity index (χ0) is 11.4. The topological polar surface area (TPSA) is 26.3 Å². The van der Waals surface area contributed by atoms with Crippen LogP contribution in [0.2, 0.25) is 0 Å². The molecule has 0 heterocycles. The highest BCUT2D eigenvalue weighted by Crippen LogP contribution is 2.06. The van der Waals surface area contributed by atoms with Crippen molar-refractivity contribution in [1.29, 1.82) is 0 Å². The fraction of sp³-hybridized carbons (Fsp3) is 0.727. The fourth-order valence-electron chi connectivity index (χ4n) is 0.833. The number of nitrogens with zero attached hydrogens (tertiary/aromatic N) is 1. The molecule has 0 amide bonds. The van der Waals surface area contributed by atoms with Crippen LogP contribution in [0, 0.1) is 0 Å². The number of quaternary nitrogens is 1. The molecule has 0 aliphatic carbocycles. The summed E-state index contributed by atoms with van der Waals surface area (Å²) >= 11 is 0. The number of hydrogen-bond donors (Lipinski definition) is 0. The first-order valence-corrected chi connectivity index (χ1v) is 4.96. The number of likely N-dealkylation sites (N-methyl/N-ethyl adjacent to an activating group) is 1. The standard InChI is InChI=1S/C11H22NO2/c1-7-12(5,6)10(4)8-14-11(13)9(2)3/h10H,2,7-8H2,1,3-6H3/q+1. The van der Waals surface area contributed by atoms with Gasteiger partial charge in [0.15, 0.2) is 0 Å². The van der Waals surface area contributed by atoms with E-state index in [4.69, 9.17) is 4.74 Å². The second-order valence-electron chi connectivity index (χ2n) is 4.32. The normalized spacial score (nSPS) is 13.5. The van der Waals surface area contributed by atoms with Gasteiger partial charge in [-0.15, -0.1) is 0 Å². The van der Waals surface area contributed by atoms with Gasteiger partial charge in [-0.05, 0) is 20.8 Å². The maximum atomic E-state index is 11.1. The van der Waals surface area contributed by atoms with E-state index in [2.05, 4.69) is 34.5 Å². The molecule has 1 unspecified atom stereocenters. The number of rotatable bonds is 5. The largest absolute Gasteiger partial charge is 0.456 e. The lowest BCUT2D eigenvalue weighted by molar-refractivity contribution is -0.911. The quantitative estimate of drug-likeness (QED) is 0.383. The zero-order valence-electron chi connectivity index (χ0n) is 9.96. The highest BCUT2D eigenvalue weighted by molar-refractivity contribution is 5.86. The Labute approximate surface area is 86.9 Å². The molecule has 0 saturated heterocycles. The number of hydrogen-bond acceptors (Lipinski definition) is 2. The molecule has 0 aromatic heterocycles. The molecule has 3 heteroatoms. The Morgan fingerprint density at radius 1 is 1.50 bits per heavy atom. The summed E-state index contributed by atoms with van der Waals surface area (Å²) in [6.07, 6.45) is 0. The molecule has 0 aliphatic heterocycles. The molecule has 14 heavy (non-hydrogen) atoms. The maximum absolute atomic E-state index is 11.1. The van der Waals surface area contributed by atoms with E-state index < -0.39 is 0 Å². The number of carbonyl (C=O) groups excluding carboxylic acids is 1. The van der Waals surface area contributed by atoms with Gasteiger partial charge >= 0.3 is 5.97 Å². The third kappa shape index (κ3) is 3.92. The van der Waals surface area contributed by atoms with Crippen LogP contribution in [0.25, 0.3) is 0 Å². The van der Waals surface area contributed by atoms with Crippen LogP contribution in [0.5, 0.6) is 0 Å². The van der Waals surface area contributed by atoms with Gasteiger partial charge in [-0.1, -0.05) is 6.58 Å². The lowest BCUT2D eigenvalue weighted by Gasteiger charge is -2.34. The molecule has 0 aromatic rings. The van der Waals surface area contributed by atoms with Crippen molar-refractivity contribution >= 4 is 5.97 Å². The minimum Gasteiger partial charge on any atom is -0.456 e. The molecule has 0 aliphatic rings. The lowest BCUT2D eigenvalue weighted by Crippen LogP contribution is -2.49. The summed E-state index contributed by atoms with van der Waals surface area (Å²) in [6, 6.07) is 0.309. The third-order valence-electron chi connectivity index (χ3n) is 2.81. The molecule has 82 valence electrons. The van der Waals surface area contributed by atoms with Crippen molar-refractivity contribution in [2.24, 2.45) is 0 Å². The van der Waals surface area contributed by atoms with E-state index in [-0.39, 0.29) is 5.97 Å². The van der Waals surface area contributed by atoms with Gasteiger partial charge in [-0.3, -0.25) is 0 Å². The van der Waals surface area contributed by atoms with E-state index in [0.717, 1.165) is 11.0 Å². The van der Waals surface area contributed by atoms with E-state index >= 15 is 0 Å². The molecule has 1 atom stereocenters. The van der Waals surface area contributed by atoms with E-state index in [1.165, 1.54) is 0 Å². The highest BCUT2D eigenvalue weighted by Gasteiger charge is 2.23. The number of esters is 1. The molecular weight excluding hydrogens is 178 g/mol. The van der Waals surface area contributed by atoms with E-state index in [1.807, 2.05) is 0 Å². The maximum Gasteiger partial charge on any atom is 0.333 e. The molecule has 0 radical (unpaired) electrons. The van der Waals surface area contributed by atoms with Crippen molar-refractivity contribution in [2.75, 3.05) is 27.2 Å². The molecule has 0 saturated carbocycles. The van der Waals surface area contributed by atoms with Gasteiger partial charge in [0, 0.05) is 5.57 Å². The first-order chi connectivity index (χ1) is 6.31. The van der Waals surface area contributed by atoms with Gasteiger partial charge in [0.05, 0.1) is 20.6 Å². The van der Waals surface area contributed by atoms with Crippen LogP contribution in [0.1, 0.15) is 20.8 Å². The van der Waals surface area contributed by atoms with Gasteiger partial charge in [0.2, 0.25) is 0 Å². The minimum absolute atomic E-state index is 0.298. The molecule has 0 rings (SSSR count). The van der Waals surface area contributed by atoms with Crippen LogP contribution < -0.4 is 0 Å². The second-order valence-corrected chi connectivity index (χ2v) is 4.32. The number of ether oxygens (including phenoxy) is 1. The van der Waals surface area contributed by atoms with Crippen molar-refractivity contribution in [2.45, 2.75) is 26.8 Å². The Morgan fingerprint density at radius 3 is 2.36 bits per heavy atom. The van der Waals surface area contributed by atoms with Gasteiger partial charge in [0.25, 0.3) is 0 Å². The highest BCUT2D eigenvalue weighted by atomic mass is 16.5. The molecule has 0 N–H and O–H groups in total. The Balaban J connectivity index is 4.03. The average molecular weight is 200 g/mol. The Morgan fingerprint density at radius 2 is 2.00 bits per heavy atom. The SMILES string of the molecule is C=C(C)C(=O)OCC(C)[N+](C)(C)CC. The van der Waals surface area contributed by atoms with Crippen molar-refractivity contribution in [1.82, 2.24) is 0 Å². The molecular formula is C11H22NO2+. The van der Waals surface area contributed by atoms with Crippen LogP contribution >= 0.6 is 0 Å². The Kier molecular flexibility index (Phi) is 4.85. The molecule has 0 spiro atoms. The summed E-state index contributed by atoms with van der Waals surface area (Å²) < 4.78 is 5.95. The number of carbonyl (C=O) groups is 1.